The van der Waals surface area contributed by atoms with Crippen molar-refractivity contribution in [3.63, 3.8) is 0 Å². The van der Waals surface area contributed by atoms with Crippen LogP contribution in [0.25, 0.3) is 0 Å². The summed E-state index contributed by atoms with van der Waals surface area (Å²) in [6.07, 6.45) is 3.50. The molecule has 0 radical (unpaired) electrons. The number of unbranched alkanes of at least 4 members (excludes halogenated alkanes) is 1. The first-order chi connectivity index (χ1) is 9.73. The van der Waals surface area contributed by atoms with Crippen LogP contribution in [0.4, 0.5) is 0 Å². The summed E-state index contributed by atoms with van der Waals surface area (Å²) < 4.78 is 5.74. The van der Waals surface area contributed by atoms with Gasteiger partial charge in [-0.2, -0.15) is 0 Å². The smallest absolute Gasteiger partial charge is 0.237 e. The van der Waals surface area contributed by atoms with Crippen molar-refractivity contribution in [3.05, 3.63) is 0 Å². The number of amides is 1. The summed E-state index contributed by atoms with van der Waals surface area (Å²) in [7, 11) is 0. The molecule has 0 aromatic heterocycles. The van der Waals surface area contributed by atoms with Crippen LogP contribution in [0.5, 0.6) is 0 Å². The number of nitrogens with two attached hydrogens (primary N) is 1. The third kappa shape index (κ3) is 6.32. The summed E-state index contributed by atoms with van der Waals surface area (Å²) >= 11 is 0. The van der Waals surface area contributed by atoms with Gasteiger partial charge < -0.3 is 15.8 Å². The predicted molar refractivity (Wildman–Crippen MR) is 86.2 cm³/mol. The second kappa shape index (κ2) is 8.11. The Morgan fingerprint density at radius 1 is 1.33 bits per heavy atom. The molecule has 1 fully saturated rings. The van der Waals surface area contributed by atoms with E-state index >= 15 is 0 Å². The Labute approximate surface area is 129 Å². The zero-order chi connectivity index (χ0) is 16.0. The Morgan fingerprint density at radius 2 is 1.90 bits per heavy atom. The summed E-state index contributed by atoms with van der Waals surface area (Å²) in [5, 5.41) is 3.30. The number of morpholine rings is 1. The van der Waals surface area contributed by atoms with Gasteiger partial charge in [-0.3, -0.25) is 9.69 Å². The van der Waals surface area contributed by atoms with Crippen LogP contribution in [-0.2, 0) is 9.53 Å². The van der Waals surface area contributed by atoms with Gasteiger partial charge in [-0.15, -0.1) is 0 Å². The van der Waals surface area contributed by atoms with Gasteiger partial charge in [0.1, 0.15) is 0 Å². The van der Waals surface area contributed by atoms with Gasteiger partial charge in [0.2, 0.25) is 5.91 Å². The van der Waals surface area contributed by atoms with Crippen LogP contribution in [-0.4, -0.2) is 54.2 Å². The number of carbonyl (C=O) groups is 1. The van der Waals surface area contributed by atoms with E-state index in [9.17, 15) is 4.79 Å². The molecule has 0 aromatic rings. The highest BCUT2D eigenvalue weighted by Gasteiger charge is 2.30. The molecule has 1 rings (SSSR count). The summed E-state index contributed by atoms with van der Waals surface area (Å²) in [5.74, 6) is -0.259. The van der Waals surface area contributed by atoms with Crippen molar-refractivity contribution in [1.29, 1.82) is 0 Å². The maximum atomic E-state index is 11.7. The first-order valence-corrected chi connectivity index (χ1v) is 8.18. The molecule has 1 amide bonds. The zero-order valence-corrected chi connectivity index (χ0v) is 14.3. The molecule has 3 unspecified atom stereocenters. The minimum atomic E-state index is -0.597. The van der Waals surface area contributed by atoms with E-state index in [2.05, 4.69) is 24.1 Å². The average molecular weight is 299 g/mol. The van der Waals surface area contributed by atoms with Crippen molar-refractivity contribution in [2.24, 2.45) is 5.73 Å². The van der Waals surface area contributed by atoms with Crippen LogP contribution in [0.2, 0.25) is 0 Å². The van der Waals surface area contributed by atoms with E-state index in [1.54, 1.807) is 0 Å². The van der Waals surface area contributed by atoms with Gasteiger partial charge in [0.25, 0.3) is 0 Å². The third-order valence-corrected chi connectivity index (χ3v) is 4.05. The van der Waals surface area contributed by atoms with Gasteiger partial charge in [-0.05, 0) is 60.4 Å². The second-order valence-electron chi connectivity index (χ2n) is 6.97. The standard InChI is InChI=1S/C16H33N3O2/c1-12(2)18-16(5,15(17)20)8-6-7-9-19-10-13(3)21-14(4)11-19/h12-14,18H,6-11H2,1-5H3,(H2,17,20). The van der Waals surface area contributed by atoms with Crippen molar-refractivity contribution < 1.29 is 9.53 Å². The van der Waals surface area contributed by atoms with E-state index in [1.807, 2.05) is 20.8 Å². The van der Waals surface area contributed by atoms with Gasteiger partial charge in [-0.1, -0.05) is 0 Å². The Kier molecular flexibility index (Phi) is 7.10. The number of hydrogen-bond donors (Lipinski definition) is 2. The minimum absolute atomic E-state index is 0.253. The molecule has 3 atom stereocenters. The van der Waals surface area contributed by atoms with Crippen LogP contribution in [0, 0.1) is 0 Å². The highest BCUT2D eigenvalue weighted by atomic mass is 16.5. The number of carbonyl (C=O) groups excluding carboxylic acids is 1. The van der Waals surface area contributed by atoms with Gasteiger partial charge in [-0.25, -0.2) is 0 Å². The fourth-order valence-corrected chi connectivity index (χ4v) is 3.18. The van der Waals surface area contributed by atoms with Crippen molar-refractivity contribution in [2.75, 3.05) is 19.6 Å². The van der Waals surface area contributed by atoms with E-state index in [0.717, 1.165) is 38.9 Å². The highest BCUT2D eigenvalue weighted by Crippen LogP contribution is 2.16. The number of primary amides is 1. The Hall–Kier alpha value is -0.650. The second-order valence-corrected chi connectivity index (χ2v) is 6.97. The molecule has 124 valence electrons. The van der Waals surface area contributed by atoms with E-state index in [0.29, 0.717) is 12.2 Å². The molecule has 0 aromatic carbocycles. The number of nitrogens with one attached hydrogen (secondary N) is 1. The molecule has 0 aliphatic carbocycles. The fourth-order valence-electron chi connectivity index (χ4n) is 3.18. The quantitative estimate of drug-likeness (QED) is 0.667. The lowest BCUT2D eigenvalue weighted by atomic mass is 9.93. The van der Waals surface area contributed by atoms with Crippen molar-refractivity contribution in [2.45, 2.75) is 77.7 Å². The monoisotopic (exact) mass is 299 g/mol. The molecule has 1 saturated heterocycles. The van der Waals surface area contributed by atoms with E-state index in [1.165, 1.54) is 0 Å². The van der Waals surface area contributed by atoms with Crippen molar-refractivity contribution in [1.82, 2.24) is 10.2 Å². The number of hydrogen-bond acceptors (Lipinski definition) is 4. The van der Waals surface area contributed by atoms with Crippen LogP contribution < -0.4 is 11.1 Å². The van der Waals surface area contributed by atoms with E-state index < -0.39 is 5.54 Å². The molecule has 21 heavy (non-hydrogen) atoms. The van der Waals surface area contributed by atoms with Crippen LogP contribution >= 0.6 is 0 Å². The fraction of sp³-hybridized carbons (Fsp3) is 0.938. The Morgan fingerprint density at radius 3 is 2.38 bits per heavy atom. The van der Waals surface area contributed by atoms with E-state index in [-0.39, 0.29) is 11.9 Å². The zero-order valence-electron chi connectivity index (χ0n) is 14.3. The summed E-state index contributed by atoms with van der Waals surface area (Å²) in [4.78, 5) is 14.1. The molecule has 1 aliphatic heterocycles. The molecule has 1 aliphatic rings. The van der Waals surface area contributed by atoms with Gasteiger partial charge in [0.05, 0.1) is 17.7 Å². The van der Waals surface area contributed by atoms with Crippen molar-refractivity contribution >= 4 is 5.91 Å². The van der Waals surface area contributed by atoms with Crippen molar-refractivity contribution in [3.8, 4) is 0 Å². The highest BCUT2D eigenvalue weighted by molar-refractivity contribution is 5.84. The molecule has 3 N–H and O–H groups in total. The SMILES string of the molecule is CC(C)NC(C)(CCCCN1CC(C)OC(C)C1)C(N)=O. The number of nitrogens with zero attached hydrogens (tertiary/aromatic N) is 1. The van der Waals surface area contributed by atoms with Gasteiger partial charge in [0, 0.05) is 19.1 Å². The van der Waals surface area contributed by atoms with E-state index in [4.69, 9.17) is 10.5 Å². The van der Waals surface area contributed by atoms with Gasteiger partial charge in [0.15, 0.2) is 0 Å². The normalized spacial score (nSPS) is 26.8. The van der Waals surface area contributed by atoms with Crippen LogP contribution in [0.3, 0.4) is 0 Å². The third-order valence-electron chi connectivity index (χ3n) is 4.05. The predicted octanol–water partition coefficient (Wildman–Crippen LogP) is 1.51. The Bertz CT molecular complexity index is 325. The maximum Gasteiger partial charge on any atom is 0.237 e. The molecular formula is C16H33N3O2. The first kappa shape index (κ1) is 18.4. The summed E-state index contributed by atoms with van der Waals surface area (Å²) in [5.41, 5.74) is 4.95. The minimum Gasteiger partial charge on any atom is -0.373 e. The molecule has 5 nitrogen and oxygen atoms in total. The molecular weight excluding hydrogens is 266 g/mol. The lowest BCUT2D eigenvalue weighted by Gasteiger charge is -2.35. The van der Waals surface area contributed by atoms with Gasteiger partial charge >= 0.3 is 0 Å². The molecule has 0 saturated carbocycles. The molecule has 1 heterocycles. The topological polar surface area (TPSA) is 67.6 Å². The number of rotatable bonds is 8. The lowest BCUT2D eigenvalue weighted by molar-refractivity contribution is -0.124. The Balaban J connectivity index is 2.33. The largest absolute Gasteiger partial charge is 0.373 e. The lowest BCUT2D eigenvalue weighted by Crippen LogP contribution is -2.55. The maximum absolute atomic E-state index is 11.7. The van der Waals surface area contributed by atoms with Crippen LogP contribution in [0.1, 0.15) is 53.9 Å². The summed E-state index contributed by atoms with van der Waals surface area (Å²) in [6.45, 7) is 13.3. The number of ether oxygens (including phenoxy) is 1. The molecule has 0 bridgehead atoms. The van der Waals surface area contributed by atoms with Crippen LogP contribution in [0.15, 0.2) is 0 Å². The summed E-state index contributed by atoms with van der Waals surface area (Å²) in [6, 6.07) is 0.253. The molecule has 0 spiro atoms. The average Bonchev–Trinajstić information content (AvgIpc) is 2.32. The molecule has 5 heteroatoms. The first-order valence-electron chi connectivity index (χ1n) is 8.18.